The summed E-state index contributed by atoms with van der Waals surface area (Å²) in [5.74, 6) is 4.46. The normalized spacial score (nSPS) is 45.8. The average Bonchev–Trinajstić information content (AvgIpc) is 2.98. The van der Waals surface area contributed by atoms with Gasteiger partial charge in [-0.3, -0.25) is 0 Å². The Morgan fingerprint density at radius 3 is 2.62 bits per heavy atom. The van der Waals surface area contributed by atoms with Gasteiger partial charge in [0.25, 0.3) is 0 Å². The van der Waals surface area contributed by atoms with Crippen molar-refractivity contribution in [2.24, 2.45) is 40.4 Å². The topological polar surface area (TPSA) is 20.2 Å². The van der Waals surface area contributed by atoms with Crippen molar-refractivity contribution in [3.8, 4) is 0 Å². The maximum Gasteiger partial charge on any atom is 0.0577 e. The standard InChI is InChI=1S/C27H46OS/c1-18(7-6-14-25(2,3)29)22-10-11-23-21-9-8-19-17-20(28)12-15-26(19,4)24(21)13-16-27(22,23)5/h8,18,20-24,28-29H,6-7,9-17H2,1-5H3/t18-,20+,21+,22-,23+,24+,26+,27-/m1/s1. The van der Waals surface area contributed by atoms with Crippen LogP contribution in [0.15, 0.2) is 11.6 Å². The van der Waals surface area contributed by atoms with Gasteiger partial charge in [0.1, 0.15) is 0 Å². The van der Waals surface area contributed by atoms with E-state index in [-0.39, 0.29) is 10.9 Å². The second-order valence-corrected chi connectivity index (χ2v) is 13.8. The third kappa shape index (κ3) is 3.99. The summed E-state index contributed by atoms with van der Waals surface area (Å²) in [7, 11) is 0. The van der Waals surface area contributed by atoms with Crippen molar-refractivity contribution in [1.82, 2.24) is 0 Å². The fraction of sp³-hybridized carbons (Fsp3) is 0.926. The number of hydrogen-bond donors (Lipinski definition) is 2. The van der Waals surface area contributed by atoms with Gasteiger partial charge in [-0.25, -0.2) is 0 Å². The van der Waals surface area contributed by atoms with Gasteiger partial charge in [0.15, 0.2) is 0 Å². The van der Waals surface area contributed by atoms with Crippen LogP contribution in [-0.2, 0) is 0 Å². The highest BCUT2D eigenvalue weighted by atomic mass is 32.1. The second kappa shape index (κ2) is 7.88. The molecule has 0 aromatic carbocycles. The molecular weight excluding hydrogens is 372 g/mol. The van der Waals surface area contributed by atoms with Gasteiger partial charge in [-0.05, 0) is 98.2 Å². The summed E-state index contributed by atoms with van der Waals surface area (Å²) < 4.78 is 0.176. The molecule has 1 N–H and O–H groups in total. The number of allylic oxidation sites excluding steroid dienone is 1. The molecule has 0 aliphatic heterocycles. The summed E-state index contributed by atoms with van der Waals surface area (Å²) in [4.78, 5) is 0. The number of fused-ring (bicyclic) bond motifs is 5. The van der Waals surface area contributed by atoms with Crippen LogP contribution in [0.25, 0.3) is 0 Å². The summed E-state index contributed by atoms with van der Waals surface area (Å²) in [6.45, 7) is 12.3. The minimum Gasteiger partial charge on any atom is -0.393 e. The number of aliphatic hydroxyl groups excluding tert-OH is 1. The Bertz CT molecular complexity index is 633. The predicted molar refractivity (Wildman–Crippen MR) is 127 cm³/mol. The van der Waals surface area contributed by atoms with Gasteiger partial charge in [-0.1, -0.05) is 59.1 Å². The molecule has 0 heterocycles. The fourth-order valence-corrected chi connectivity index (χ4v) is 8.83. The number of hydrogen-bond acceptors (Lipinski definition) is 2. The molecule has 3 saturated carbocycles. The third-order valence-electron chi connectivity index (χ3n) is 10.3. The summed E-state index contributed by atoms with van der Waals surface area (Å²) in [6.07, 6.45) is 16.7. The SMILES string of the molecule is C[C@H](CCCC(C)(C)S)[C@H]1CC[C@H]2[C@@H]3CC=C4C[C@@H](O)CC[C@]4(C)[C@H]3CC[C@]12C. The molecule has 0 spiro atoms. The Hall–Kier alpha value is 0.0500. The highest BCUT2D eigenvalue weighted by Crippen LogP contribution is 2.67. The van der Waals surface area contributed by atoms with E-state index in [0.29, 0.717) is 10.8 Å². The highest BCUT2D eigenvalue weighted by molar-refractivity contribution is 7.81. The van der Waals surface area contributed by atoms with E-state index in [4.69, 9.17) is 12.6 Å². The van der Waals surface area contributed by atoms with Crippen LogP contribution in [0.5, 0.6) is 0 Å². The van der Waals surface area contributed by atoms with Gasteiger partial charge in [0.2, 0.25) is 0 Å². The molecule has 0 unspecified atom stereocenters. The van der Waals surface area contributed by atoms with Crippen LogP contribution >= 0.6 is 12.6 Å². The van der Waals surface area contributed by atoms with Crippen LogP contribution in [0.2, 0.25) is 0 Å². The number of rotatable bonds is 5. The van der Waals surface area contributed by atoms with E-state index in [1.54, 1.807) is 5.57 Å². The van der Waals surface area contributed by atoms with Crippen LogP contribution in [0.1, 0.15) is 105 Å². The van der Waals surface area contributed by atoms with E-state index in [1.807, 2.05) is 0 Å². The molecule has 2 heteroatoms. The quantitative estimate of drug-likeness (QED) is 0.351. The largest absolute Gasteiger partial charge is 0.393 e. The first-order chi connectivity index (χ1) is 13.5. The minimum atomic E-state index is -0.0846. The lowest BCUT2D eigenvalue weighted by atomic mass is 9.47. The maximum absolute atomic E-state index is 10.2. The molecule has 0 radical (unpaired) electrons. The number of thiol groups is 1. The van der Waals surface area contributed by atoms with Crippen molar-refractivity contribution in [2.45, 2.75) is 116 Å². The molecule has 4 rings (SSSR count). The first-order valence-corrected chi connectivity index (χ1v) is 13.1. The molecule has 1 nitrogen and oxygen atoms in total. The van der Waals surface area contributed by atoms with E-state index in [1.165, 1.54) is 57.8 Å². The fourth-order valence-electron chi connectivity index (χ4n) is 8.67. The molecule has 3 fully saturated rings. The molecule has 0 aromatic rings. The molecule has 0 aromatic heterocycles. The van der Waals surface area contributed by atoms with E-state index >= 15 is 0 Å². The van der Waals surface area contributed by atoms with E-state index in [0.717, 1.165) is 42.4 Å². The number of aliphatic hydroxyl groups is 1. The van der Waals surface area contributed by atoms with Crippen LogP contribution < -0.4 is 0 Å². The van der Waals surface area contributed by atoms with E-state index in [2.05, 4.69) is 40.7 Å². The second-order valence-electron chi connectivity index (χ2n) is 12.6. The lowest BCUT2D eigenvalue weighted by molar-refractivity contribution is -0.0572. The minimum absolute atomic E-state index is 0.0846. The maximum atomic E-state index is 10.2. The summed E-state index contributed by atoms with van der Waals surface area (Å²) in [5, 5.41) is 10.2. The van der Waals surface area contributed by atoms with Gasteiger partial charge in [-0.15, -0.1) is 0 Å². The molecule has 4 aliphatic carbocycles. The molecule has 8 atom stereocenters. The van der Waals surface area contributed by atoms with Gasteiger partial charge < -0.3 is 5.11 Å². The summed E-state index contributed by atoms with van der Waals surface area (Å²) in [6, 6.07) is 0. The van der Waals surface area contributed by atoms with Crippen LogP contribution in [-0.4, -0.2) is 16.0 Å². The zero-order valence-electron chi connectivity index (χ0n) is 19.7. The summed E-state index contributed by atoms with van der Waals surface area (Å²) >= 11 is 4.74. The van der Waals surface area contributed by atoms with Crippen molar-refractivity contribution < 1.29 is 5.11 Å². The van der Waals surface area contributed by atoms with Crippen LogP contribution in [0, 0.1) is 40.4 Å². The van der Waals surface area contributed by atoms with E-state index < -0.39 is 0 Å². The Balaban J connectivity index is 1.47. The third-order valence-corrected chi connectivity index (χ3v) is 10.5. The lowest BCUT2D eigenvalue weighted by Crippen LogP contribution is -2.50. The zero-order chi connectivity index (χ0) is 21.0. The molecule has 0 bridgehead atoms. The Morgan fingerprint density at radius 1 is 1.14 bits per heavy atom. The molecular formula is C27H46OS. The molecule has 0 amide bonds. The Labute approximate surface area is 185 Å². The van der Waals surface area contributed by atoms with Gasteiger partial charge in [0.05, 0.1) is 6.10 Å². The van der Waals surface area contributed by atoms with Crippen LogP contribution in [0.4, 0.5) is 0 Å². The summed E-state index contributed by atoms with van der Waals surface area (Å²) in [5.41, 5.74) is 2.55. The highest BCUT2D eigenvalue weighted by Gasteiger charge is 2.59. The zero-order valence-corrected chi connectivity index (χ0v) is 20.6. The van der Waals surface area contributed by atoms with Gasteiger partial charge >= 0.3 is 0 Å². The molecule has 0 saturated heterocycles. The van der Waals surface area contributed by atoms with E-state index in [9.17, 15) is 5.11 Å². The molecule has 4 aliphatic rings. The molecule has 29 heavy (non-hydrogen) atoms. The Kier molecular flexibility index (Phi) is 6.04. The monoisotopic (exact) mass is 418 g/mol. The average molecular weight is 419 g/mol. The van der Waals surface area contributed by atoms with Gasteiger partial charge in [-0.2, -0.15) is 12.6 Å². The van der Waals surface area contributed by atoms with Crippen molar-refractivity contribution in [3.05, 3.63) is 11.6 Å². The Morgan fingerprint density at radius 2 is 1.90 bits per heavy atom. The van der Waals surface area contributed by atoms with Crippen molar-refractivity contribution in [2.75, 3.05) is 0 Å². The predicted octanol–water partition coefficient (Wildman–Crippen LogP) is 7.44. The van der Waals surface area contributed by atoms with Crippen LogP contribution in [0.3, 0.4) is 0 Å². The van der Waals surface area contributed by atoms with Crippen molar-refractivity contribution >= 4 is 12.6 Å². The van der Waals surface area contributed by atoms with Crippen molar-refractivity contribution in [1.29, 1.82) is 0 Å². The lowest BCUT2D eigenvalue weighted by Gasteiger charge is -2.58. The van der Waals surface area contributed by atoms with Crippen molar-refractivity contribution in [3.63, 3.8) is 0 Å². The first kappa shape index (κ1) is 22.3. The first-order valence-electron chi connectivity index (χ1n) is 12.6. The molecule has 166 valence electrons. The smallest absolute Gasteiger partial charge is 0.0577 e. The van der Waals surface area contributed by atoms with Gasteiger partial charge in [0, 0.05) is 4.75 Å².